The molecule has 0 aromatic heterocycles. The molecule has 0 saturated carbocycles. The number of methoxy groups -OCH3 is 1. The van der Waals surface area contributed by atoms with E-state index in [0.29, 0.717) is 11.8 Å². The number of esters is 1. The smallest absolute Gasteiger partial charge is 0.399 e. The summed E-state index contributed by atoms with van der Waals surface area (Å²) in [5, 5.41) is -1.31. The van der Waals surface area contributed by atoms with E-state index in [1.165, 1.54) is 0 Å². The zero-order valence-corrected chi connectivity index (χ0v) is 7.95. The molecule has 1 aliphatic heterocycles. The Kier molecular flexibility index (Phi) is 3.08. The Morgan fingerprint density at radius 1 is 1.57 bits per heavy atom. The Labute approximate surface area is 82.0 Å². The fourth-order valence-corrected chi connectivity index (χ4v) is 2.39. The second-order valence-electron chi connectivity index (χ2n) is 2.73. The van der Waals surface area contributed by atoms with Crippen LogP contribution in [-0.2, 0) is 14.3 Å². The molecule has 0 spiro atoms. The molecule has 1 saturated heterocycles. The van der Waals surface area contributed by atoms with Gasteiger partial charge in [0, 0.05) is 5.75 Å². The molecule has 0 aromatic rings. The monoisotopic (exact) mass is 228 g/mol. The summed E-state index contributed by atoms with van der Waals surface area (Å²) in [5.74, 6) is -4.44. The number of Topliss-reactive ketones (excluding diaryl/α,β-unsaturated/α-hetero) is 1. The molecule has 0 radical (unpaired) electrons. The Hall–Kier alpha value is -0.720. The quantitative estimate of drug-likeness (QED) is 0.496. The van der Waals surface area contributed by atoms with Gasteiger partial charge in [-0.05, 0) is 0 Å². The van der Waals surface area contributed by atoms with Crippen LogP contribution in [0.25, 0.3) is 0 Å². The number of halogens is 3. The summed E-state index contributed by atoms with van der Waals surface area (Å²) in [6, 6.07) is 0. The first-order valence-corrected chi connectivity index (χ1v) is 4.72. The van der Waals surface area contributed by atoms with Crippen LogP contribution in [0.2, 0.25) is 0 Å². The average Bonchev–Trinajstić information content (AvgIpc) is 2.45. The largest absolute Gasteiger partial charge is 0.468 e. The molecule has 1 aliphatic rings. The molecule has 0 bridgehead atoms. The summed E-state index contributed by atoms with van der Waals surface area (Å²) in [7, 11) is 1.04. The lowest BCUT2D eigenvalue weighted by Gasteiger charge is -2.11. The minimum atomic E-state index is -4.56. The van der Waals surface area contributed by atoms with Gasteiger partial charge in [0.15, 0.2) is 11.0 Å². The van der Waals surface area contributed by atoms with Gasteiger partial charge in [0.05, 0.1) is 7.11 Å². The van der Waals surface area contributed by atoms with Gasteiger partial charge in [-0.15, -0.1) is 11.8 Å². The summed E-state index contributed by atoms with van der Waals surface area (Å²) in [5.41, 5.74) is 0. The van der Waals surface area contributed by atoms with Crippen molar-refractivity contribution in [1.29, 1.82) is 0 Å². The molecule has 1 rings (SSSR count). The van der Waals surface area contributed by atoms with Crippen LogP contribution < -0.4 is 0 Å². The number of rotatable bonds is 1. The minimum Gasteiger partial charge on any atom is -0.468 e. The molecule has 7 heteroatoms. The highest BCUT2D eigenvalue weighted by Gasteiger charge is 2.53. The number of carbonyl (C=O) groups excluding carboxylic acids is 2. The SMILES string of the molecule is COC(=O)C1SCC(C(F)(F)F)C1=O. The summed E-state index contributed by atoms with van der Waals surface area (Å²) in [6.45, 7) is 0. The maximum Gasteiger partial charge on any atom is 0.399 e. The van der Waals surface area contributed by atoms with Gasteiger partial charge in [-0.2, -0.15) is 13.2 Å². The predicted octanol–water partition coefficient (Wildman–Crippen LogP) is 1.02. The molecule has 2 atom stereocenters. The lowest BCUT2D eigenvalue weighted by molar-refractivity contribution is -0.175. The van der Waals surface area contributed by atoms with Gasteiger partial charge in [-0.25, -0.2) is 0 Å². The van der Waals surface area contributed by atoms with E-state index >= 15 is 0 Å². The van der Waals surface area contributed by atoms with Gasteiger partial charge in [0.2, 0.25) is 0 Å². The molecule has 1 heterocycles. The van der Waals surface area contributed by atoms with Gasteiger partial charge >= 0.3 is 12.1 Å². The molecule has 2 unspecified atom stereocenters. The molecule has 3 nitrogen and oxygen atoms in total. The topological polar surface area (TPSA) is 43.4 Å². The van der Waals surface area contributed by atoms with Crippen LogP contribution in [0, 0.1) is 5.92 Å². The number of ether oxygens (including phenoxy) is 1. The van der Waals surface area contributed by atoms with Crippen LogP contribution in [0.15, 0.2) is 0 Å². The first-order chi connectivity index (χ1) is 6.38. The Bertz CT molecular complexity index is 263. The van der Waals surface area contributed by atoms with E-state index in [0.717, 1.165) is 7.11 Å². The lowest BCUT2D eigenvalue weighted by atomic mass is 10.0. The van der Waals surface area contributed by atoms with Crippen molar-refractivity contribution in [1.82, 2.24) is 0 Å². The van der Waals surface area contributed by atoms with Crippen molar-refractivity contribution >= 4 is 23.5 Å². The van der Waals surface area contributed by atoms with Gasteiger partial charge < -0.3 is 4.74 Å². The molecule has 1 fully saturated rings. The normalized spacial score (nSPS) is 27.9. The molecule has 0 aliphatic carbocycles. The molecule has 0 N–H and O–H groups in total. The third-order valence-electron chi connectivity index (χ3n) is 1.84. The van der Waals surface area contributed by atoms with Gasteiger partial charge in [0.1, 0.15) is 5.92 Å². The second-order valence-corrected chi connectivity index (χ2v) is 3.87. The third kappa shape index (κ3) is 2.02. The summed E-state index contributed by atoms with van der Waals surface area (Å²) < 4.78 is 40.7. The highest BCUT2D eigenvalue weighted by molar-refractivity contribution is 8.01. The van der Waals surface area contributed by atoms with Crippen molar-refractivity contribution in [2.75, 3.05) is 12.9 Å². The van der Waals surface area contributed by atoms with Gasteiger partial charge in [-0.3, -0.25) is 9.59 Å². The van der Waals surface area contributed by atoms with Crippen molar-refractivity contribution in [2.24, 2.45) is 5.92 Å². The van der Waals surface area contributed by atoms with Crippen LogP contribution in [0.3, 0.4) is 0 Å². The second kappa shape index (κ2) is 3.80. The number of hydrogen-bond acceptors (Lipinski definition) is 4. The maximum atomic E-state index is 12.2. The van der Waals surface area contributed by atoms with Crippen LogP contribution in [0.1, 0.15) is 0 Å². The van der Waals surface area contributed by atoms with E-state index in [-0.39, 0.29) is 0 Å². The summed E-state index contributed by atoms with van der Waals surface area (Å²) in [6.07, 6.45) is -4.56. The van der Waals surface area contributed by atoms with E-state index in [1.807, 2.05) is 0 Å². The van der Waals surface area contributed by atoms with E-state index < -0.39 is 34.8 Å². The minimum absolute atomic E-state index is 0.401. The van der Waals surface area contributed by atoms with Crippen molar-refractivity contribution < 1.29 is 27.5 Å². The first kappa shape index (κ1) is 11.4. The fourth-order valence-electron chi connectivity index (χ4n) is 1.09. The highest BCUT2D eigenvalue weighted by atomic mass is 32.2. The first-order valence-electron chi connectivity index (χ1n) is 3.67. The van der Waals surface area contributed by atoms with E-state index in [4.69, 9.17) is 0 Å². The Balaban J connectivity index is 2.75. The predicted molar refractivity (Wildman–Crippen MR) is 42.8 cm³/mol. The number of thioether (sulfide) groups is 1. The van der Waals surface area contributed by atoms with E-state index in [2.05, 4.69) is 4.74 Å². The standard InChI is InChI=1S/C7H7F3O3S/c1-13-6(12)5-4(11)3(2-14-5)7(8,9)10/h3,5H,2H2,1H3. The van der Waals surface area contributed by atoms with Crippen LogP contribution >= 0.6 is 11.8 Å². The number of alkyl halides is 3. The summed E-state index contributed by atoms with van der Waals surface area (Å²) in [4.78, 5) is 22.0. The lowest BCUT2D eigenvalue weighted by Crippen LogP contribution is -2.34. The molecule has 0 aromatic carbocycles. The zero-order valence-electron chi connectivity index (χ0n) is 7.13. The Morgan fingerprint density at radius 3 is 2.50 bits per heavy atom. The zero-order chi connectivity index (χ0) is 10.9. The summed E-state index contributed by atoms with van der Waals surface area (Å²) >= 11 is 0.674. The van der Waals surface area contributed by atoms with Crippen molar-refractivity contribution in [3.05, 3.63) is 0 Å². The molecular weight excluding hydrogens is 221 g/mol. The van der Waals surface area contributed by atoms with Gasteiger partial charge in [-0.1, -0.05) is 0 Å². The fraction of sp³-hybridized carbons (Fsp3) is 0.714. The number of ketones is 1. The Morgan fingerprint density at radius 2 is 2.14 bits per heavy atom. The third-order valence-corrected chi connectivity index (χ3v) is 3.13. The van der Waals surface area contributed by atoms with Gasteiger partial charge in [0.25, 0.3) is 0 Å². The molecule has 14 heavy (non-hydrogen) atoms. The average molecular weight is 228 g/mol. The van der Waals surface area contributed by atoms with Crippen molar-refractivity contribution in [3.8, 4) is 0 Å². The number of carbonyl (C=O) groups is 2. The maximum absolute atomic E-state index is 12.2. The molecule has 80 valence electrons. The van der Waals surface area contributed by atoms with Crippen LogP contribution in [0.5, 0.6) is 0 Å². The van der Waals surface area contributed by atoms with Crippen molar-refractivity contribution in [2.45, 2.75) is 11.4 Å². The van der Waals surface area contributed by atoms with Crippen molar-refractivity contribution in [3.63, 3.8) is 0 Å². The highest BCUT2D eigenvalue weighted by Crippen LogP contribution is 2.39. The molecule has 0 amide bonds. The van der Waals surface area contributed by atoms with Crippen LogP contribution in [-0.4, -0.2) is 36.0 Å². The van der Waals surface area contributed by atoms with E-state index in [1.54, 1.807) is 0 Å². The number of hydrogen-bond donors (Lipinski definition) is 0. The van der Waals surface area contributed by atoms with Crippen LogP contribution in [0.4, 0.5) is 13.2 Å². The molecular formula is C7H7F3O3S. The van der Waals surface area contributed by atoms with E-state index in [9.17, 15) is 22.8 Å².